The smallest absolute Gasteiger partial charge is 0.251 e. The maximum atomic E-state index is 11.1. The number of rotatable bonds is 3. The minimum Gasteiger partial charge on any atom is -0.317 e. The average molecular weight is 252 g/mol. The van der Waals surface area contributed by atoms with Crippen molar-refractivity contribution in [1.29, 1.82) is 0 Å². The summed E-state index contributed by atoms with van der Waals surface area (Å²) < 4.78 is 2.41. The van der Waals surface area contributed by atoms with Gasteiger partial charge in [0.05, 0.1) is 6.04 Å². The van der Waals surface area contributed by atoms with Crippen molar-refractivity contribution in [2.24, 2.45) is 0 Å². The third-order valence-corrected chi connectivity index (χ3v) is 3.73. The van der Waals surface area contributed by atoms with Gasteiger partial charge in [0, 0.05) is 17.1 Å². The van der Waals surface area contributed by atoms with Crippen LogP contribution in [0, 0.1) is 4.77 Å². The zero-order valence-corrected chi connectivity index (χ0v) is 10.5. The SMILES string of the molecule is CCC(c1cccs1)n1ccc(=O)[nH]c1=S. The molecule has 1 unspecified atom stereocenters. The topological polar surface area (TPSA) is 37.8 Å². The first-order chi connectivity index (χ1) is 7.72. The highest BCUT2D eigenvalue weighted by atomic mass is 32.1. The quantitative estimate of drug-likeness (QED) is 0.853. The fourth-order valence-corrected chi connectivity index (χ4v) is 2.89. The van der Waals surface area contributed by atoms with Gasteiger partial charge in [0.25, 0.3) is 5.56 Å². The van der Waals surface area contributed by atoms with E-state index in [1.54, 1.807) is 17.5 Å². The number of nitrogens with zero attached hydrogens (tertiary/aromatic N) is 1. The molecule has 0 aliphatic carbocycles. The standard InChI is InChI=1S/C11H12N2OS2/c1-2-8(9-4-3-7-16-9)13-6-5-10(14)12-11(13)15/h3-8H,2H2,1H3,(H,12,14,15). The summed E-state index contributed by atoms with van der Waals surface area (Å²) in [6, 6.07) is 5.83. The lowest BCUT2D eigenvalue weighted by molar-refractivity contribution is 0.554. The largest absolute Gasteiger partial charge is 0.317 e. The van der Waals surface area contributed by atoms with Gasteiger partial charge in [0.15, 0.2) is 4.77 Å². The van der Waals surface area contributed by atoms with Crippen molar-refractivity contribution in [3.8, 4) is 0 Å². The molecule has 2 aromatic heterocycles. The molecule has 0 saturated carbocycles. The zero-order chi connectivity index (χ0) is 11.5. The molecule has 0 aromatic carbocycles. The fraction of sp³-hybridized carbons (Fsp3) is 0.273. The van der Waals surface area contributed by atoms with Crippen LogP contribution in [-0.2, 0) is 0 Å². The highest BCUT2D eigenvalue weighted by Gasteiger charge is 2.12. The number of aromatic amines is 1. The first-order valence-corrected chi connectivity index (χ1v) is 6.36. The molecule has 0 fully saturated rings. The van der Waals surface area contributed by atoms with Gasteiger partial charge in [-0.25, -0.2) is 0 Å². The van der Waals surface area contributed by atoms with Crippen LogP contribution in [0.25, 0.3) is 0 Å². The van der Waals surface area contributed by atoms with Gasteiger partial charge in [-0.1, -0.05) is 13.0 Å². The molecule has 0 aliphatic heterocycles. The third-order valence-electron chi connectivity index (χ3n) is 2.45. The lowest BCUT2D eigenvalue weighted by Crippen LogP contribution is -2.15. The summed E-state index contributed by atoms with van der Waals surface area (Å²) in [5, 5.41) is 2.05. The first kappa shape index (κ1) is 11.3. The average Bonchev–Trinajstić information content (AvgIpc) is 2.75. The molecule has 0 amide bonds. The molecule has 0 aliphatic rings. The number of thiophene rings is 1. The van der Waals surface area contributed by atoms with Crippen molar-refractivity contribution >= 4 is 23.6 Å². The molecule has 0 bridgehead atoms. The minimum absolute atomic E-state index is 0.151. The molecular weight excluding hydrogens is 240 g/mol. The van der Waals surface area contributed by atoms with Gasteiger partial charge in [0.1, 0.15) is 0 Å². The summed E-state index contributed by atoms with van der Waals surface area (Å²) >= 11 is 6.87. The van der Waals surface area contributed by atoms with E-state index in [-0.39, 0.29) is 11.6 Å². The molecule has 2 rings (SSSR count). The van der Waals surface area contributed by atoms with Crippen LogP contribution in [0.1, 0.15) is 24.3 Å². The van der Waals surface area contributed by atoms with Crippen molar-refractivity contribution in [3.05, 3.63) is 49.8 Å². The Bertz CT molecular complexity index is 568. The van der Waals surface area contributed by atoms with Gasteiger partial charge in [-0.05, 0) is 30.1 Å². The van der Waals surface area contributed by atoms with Gasteiger partial charge in [-0.2, -0.15) is 0 Å². The van der Waals surface area contributed by atoms with Crippen LogP contribution in [0.3, 0.4) is 0 Å². The van der Waals surface area contributed by atoms with Crippen LogP contribution < -0.4 is 5.56 Å². The molecule has 1 N–H and O–H groups in total. The molecule has 0 saturated heterocycles. The van der Waals surface area contributed by atoms with E-state index in [4.69, 9.17) is 12.2 Å². The number of hydrogen-bond donors (Lipinski definition) is 1. The maximum absolute atomic E-state index is 11.1. The summed E-state index contributed by atoms with van der Waals surface area (Å²) in [6.45, 7) is 2.11. The Kier molecular flexibility index (Phi) is 3.36. The Morgan fingerprint density at radius 2 is 2.38 bits per heavy atom. The maximum Gasteiger partial charge on any atom is 0.251 e. The van der Waals surface area contributed by atoms with E-state index in [2.05, 4.69) is 18.0 Å². The van der Waals surface area contributed by atoms with Gasteiger partial charge < -0.3 is 4.57 Å². The van der Waals surface area contributed by atoms with Crippen LogP contribution >= 0.6 is 23.6 Å². The van der Waals surface area contributed by atoms with E-state index in [0.29, 0.717) is 4.77 Å². The molecule has 84 valence electrons. The minimum atomic E-state index is -0.151. The normalized spacial score (nSPS) is 12.6. The van der Waals surface area contributed by atoms with Gasteiger partial charge in [-0.3, -0.25) is 9.78 Å². The summed E-state index contributed by atoms with van der Waals surface area (Å²) in [7, 11) is 0. The molecule has 1 atom stereocenters. The number of aromatic nitrogens is 2. The molecule has 2 heterocycles. The van der Waals surface area contributed by atoms with E-state index in [9.17, 15) is 4.79 Å². The van der Waals surface area contributed by atoms with Crippen LogP contribution in [0.5, 0.6) is 0 Å². The Morgan fingerprint density at radius 3 is 2.94 bits per heavy atom. The summed E-state index contributed by atoms with van der Waals surface area (Å²) in [6.07, 6.45) is 2.70. The molecule has 3 nitrogen and oxygen atoms in total. The molecule has 0 spiro atoms. The fourth-order valence-electron chi connectivity index (χ4n) is 1.69. The first-order valence-electron chi connectivity index (χ1n) is 5.07. The number of H-pyrrole nitrogens is 1. The molecule has 5 heteroatoms. The Morgan fingerprint density at radius 1 is 1.56 bits per heavy atom. The highest BCUT2D eigenvalue weighted by molar-refractivity contribution is 7.71. The Balaban J connectivity index is 2.49. The van der Waals surface area contributed by atoms with Crippen LogP contribution in [0.15, 0.2) is 34.6 Å². The van der Waals surface area contributed by atoms with E-state index >= 15 is 0 Å². The van der Waals surface area contributed by atoms with Gasteiger partial charge in [-0.15, -0.1) is 11.3 Å². The summed E-state index contributed by atoms with van der Waals surface area (Å²) in [4.78, 5) is 15.0. The van der Waals surface area contributed by atoms with Gasteiger partial charge >= 0.3 is 0 Å². The highest BCUT2D eigenvalue weighted by Crippen LogP contribution is 2.25. The molecule has 16 heavy (non-hydrogen) atoms. The van der Waals surface area contributed by atoms with E-state index in [0.717, 1.165) is 6.42 Å². The number of nitrogens with one attached hydrogen (secondary N) is 1. The molecular formula is C11H12N2OS2. The van der Waals surface area contributed by atoms with E-state index in [1.807, 2.05) is 16.0 Å². The Hall–Kier alpha value is -1.20. The predicted octanol–water partition coefficient (Wildman–Crippen LogP) is 2.97. The lowest BCUT2D eigenvalue weighted by atomic mass is 10.2. The van der Waals surface area contributed by atoms with Crippen molar-refractivity contribution in [2.75, 3.05) is 0 Å². The lowest BCUT2D eigenvalue weighted by Gasteiger charge is -2.17. The predicted molar refractivity (Wildman–Crippen MR) is 68.6 cm³/mol. The zero-order valence-electron chi connectivity index (χ0n) is 8.84. The summed E-state index contributed by atoms with van der Waals surface area (Å²) in [5.41, 5.74) is -0.151. The molecule has 0 radical (unpaired) electrons. The van der Waals surface area contributed by atoms with Crippen LogP contribution in [0.4, 0.5) is 0 Å². The van der Waals surface area contributed by atoms with Crippen molar-refractivity contribution in [1.82, 2.24) is 9.55 Å². The second-order valence-electron chi connectivity index (χ2n) is 3.46. The monoisotopic (exact) mass is 252 g/mol. The van der Waals surface area contributed by atoms with Crippen LogP contribution in [0.2, 0.25) is 0 Å². The van der Waals surface area contributed by atoms with Crippen LogP contribution in [-0.4, -0.2) is 9.55 Å². The summed E-state index contributed by atoms with van der Waals surface area (Å²) in [5.74, 6) is 0. The second kappa shape index (κ2) is 4.76. The molecule has 2 aromatic rings. The Labute approximate surface area is 102 Å². The second-order valence-corrected chi connectivity index (χ2v) is 4.82. The van der Waals surface area contributed by atoms with Crippen molar-refractivity contribution < 1.29 is 0 Å². The van der Waals surface area contributed by atoms with Crippen molar-refractivity contribution in [2.45, 2.75) is 19.4 Å². The van der Waals surface area contributed by atoms with Crippen molar-refractivity contribution in [3.63, 3.8) is 0 Å². The van der Waals surface area contributed by atoms with Gasteiger partial charge in [0.2, 0.25) is 0 Å². The number of hydrogen-bond acceptors (Lipinski definition) is 3. The third kappa shape index (κ3) is 2.15. The van der Waals surface area contributed by atoms with E-state index in [1.165, 1.54) is 10.9 Å². The van der Waals surface area contributed by atoms with E-state index < -0.39 is 0 Å².